The molecular formula is C15H15N3O3. The first-order valence-electron chi connectivity index (χ1n) is 6.91. The smallest absolute Gasteiger partial charge is 0.326 e. The molecule has 0 saturated carbocycles. The lowest BCUT2D eigenvalue weighted by molar-refractivity contribution is -0.143. The maximum atomic E-state index is 12.6. The lowest BCUT2D eigenvalue weighted by Crippen LogP contribution is -2.47. The number of likely N-dealkylation sites (tertiary alicyclic amines) is 1. The van der Waals surface area contributed by atoms with Gasteiger partial charge < -0.3 is 10.0 Å². The minimum atomic E-state index is -0.941. The zero-order valence-electron chi connectivity index (χ0n) is 11.4. The molecule has 3 rings (SSSR count). The fourth-order valence-electron chi connectivity index (χ4n) is 2.69. The Kier molecular flexibility index (Phi) is 3.51. The normalized spacial score (nSPS) is 18.7. The number of aromatic nitrogens is 2. The highest BCUT2D eigenvalue weighted by molar-refractivity contribution is 5.99. The van der Waals surface area contributed by atoms with Gasteiger partial charge in [0.15, 0.2) is 0 Å². The summed E-state index contributed by atoms with van der Waals surface area (Å²) in [5.74, 6) is -1.20. The van der Waals surface area contributed by atoms with Crippen LogP contribution in [-0.2, 0) is 4.79 Å². The number of carbonyl (C=O) groups is 2. The second-order valence-electron chi connectivity index (χ2n) is 5.11. The molecule has 1 aliphatic heterocycles. The number of hydrogen-bond donors (Lipinski definition) is 1. The average Bonchev–Trinajstić information content (AvgIpc) is 2.53. The molecule has 0 bridgehead atoms. The van der Waals surface area contributed by atoms with Crippen LogP contribution in [-0.4, -0.2) is 44.4 Å². The second-order valence-corrected chi connectivity index (χ2v) is 5.11. The molecule has 1 atom stereocenters. The summed E-state index contributed by atoms with van der Waals surface area (Å²) in [7, 11) is 0. The van der Waals surface area contributed by atoms with Crippen LogP contribution in [0, 0.1) is 0 Å². The Balaban J connectivity index is 1.93. The monoisotopic (exact) mass is 285 g/mol. The van der Waals surface area contributed by atoms with E-state index in [4.69, 9.17) is 0 Å². The first kappa shape index (κ1) is 13.5. The fourth-order valence-corrected chi connectivity index (χ4v) is 2.69. The van der Waals surface area contributed by atoms with Gasteiger partial charge in [0.2, 0.25) is 0 Å². The Morgan fingerprint density at radius 3 is 2.67 bits per heavy atom. The van der Waals surface area contributed by atoms with E-state index in [1.54, 1.807) is 30.6 Å². The summed E-state index contributed by atoms with van der Waals surface area (Å²) in [6, 6.07) is 4.34. The number of rotatable bonds is 2. The molecule has 1 aliphatic rings. The number of carboxylic acid groups (broad SMARTS) is 1. The van der Waals surface area contributed by atoms with Gasteiger partial charge in [-0.3, -0.25) is 14.8 Å². The van der Waals surface area contributed by atoms with Crippen molar-refractivity contribution in [3.8, 4) is 0 Å². The van der Waals surface area contributed by atoms with Crippen molar-refractivity contribution < 1.29 is 14.7 Å². The first-order chi connectivity index (χ1) is 10.2. The molecule has 6 nitrogen and oxygen atoms in total. The molecule has 21 heavy (non-hydrogen) atoms. The van der Waals surface area contributed by atoms with Gasteiger partial charge in [-0.2, -0.15) is 0 Å². The van der Waals surface area contributed by atoms with Crippen molar-refractivity contribution in [3.63, 3.8) is 0 Å². The molecule has 0 unspecified atom stereocenters. The first-order valence-corrected chi connectivity index (χ1v) is 6.91. The molecule has 108 valence electrons. The Hall–Kier alpha value is -2.50. The van der Waals surface area contributed by atoms with E-state index in [9.17, 15) is 14.7 Å². The SMILES string of the molecule is O=C(O)[C@@H]1CCCCN1C(=O)c1ccc2nccnc2c1. The Bertz CT molecular complexity index is 701. The Morgan fingerprint density at radius 1 is 1.14 bits per heavy atom. The van der Waals surface area contributed by atoms with Gasteiger partial charge in [-0.25, -0.2) is 4.79 Å². The van der Waals surface area contributed by atoms with Gasteiger partial charge in [0.05, 0.1) is 11.0 Å². The number of hydrogen-bond acceptors (Lipinski definition) is 4. The number of carboxylic acids is 1. The van der Waals surface area contributed by atoms with E-state index < -0.39 is 12.0 Å². The van der Waals surface area contributed by atoms with Crippen LogP contribution in [0.15, 0.2) is 30.6 Å². The van der Waals surface area contributed by atoms with Crippen molar-refractivity contribution in [3.05, 3.63) is 36.2 Å². The maximum Gasteiger partial charge on any atom is 0.326 e. The van der Waals surface area contributed by atoms with Crippen LogP contribution in [0.4, 0.5) is 0 Å². The maximum absolute atomic E-state index is 12.6. The molecule has 2 aromatic rings. The quantitative estimate of drug-likeness (QED) is 0.908. The molecule has 1 saturated heterocycles. The van der Waals surface area contributed by atoms with E-state index in [2.05, 4.69) is 9.97 Å². The van der Waals surface area contributed by atoms with E-state index in [-0.39, 0.29) is 5.91 Å². The number of amides is 1. The molecule has 1 N–H and O–H groups in total. The third-order valence-electron chi connectivity index (χ3n) is 3.76. The minimum Gasteiger partial charge on any atom is -0.480 e. The predicted octanol–water partition coefficient (Wildman–Crippen LogP) is 1.71. The average molecular weight is 285 g/mol. The number of aliphatic carboxylic acids is 1. The van der Waals surface area contributed by atoms with E-state index in [1.807, 2.05) is 0 Å². The van der Waals surface area contributed by atoms with Crippen LogP contribution in [0.3, 0.4) is 0 Å². The van der Waals surface area contributed by atoms with E-state index >= 15 is 0 Å². The second kappa shape index (κ2) is 5.47. The summed E-state index contributed by atoms with van der Waals surface area (Å²) >= 11 is 0. The molecule has 0 aliphatic carbocycles. The lowest BCUT2D eigenvalue weighted by Gasteiger charge is -2.33. The van der Waals surface area contributed by atoms with Crippen LogP contribution >= 0.6 is 0 Å². The molecular weight excluding hydrogens is 270 g/mol. The van der Waals surface area contributed by atoms with Crippen LogP contribution in [0.2, 0.25) is 0 Å². The van der Waals surface area contributed by atoms with Gasteiger partial charge in [0.1, 0.15) is 6.04 Å². The predicted molar refractivity (Wildman–Crippen MR) is 75.8 cm³/mol. The van der Waals surface area contributed by atoms with Gasteiger partial charge in [0, 0.05) is 24.5 Å². The summed E-state index contributed by atoms with van der Waals surface area (Å²) in [6.07, 6.45) is 5.34. The molecule has 1 fully saturated rings. The van der Waals surface area contributed by atoms with Crippen LogP contribution < -0.4 is 0 Å². The molecule has 1 aromatic heterocycles. The van der Waals surface area contributed by atoms with Gasteiger partial charge in [0.25, 0.3) is 5.91 Å². The lowest BCUT2D eigenvalue weighted by atomic mass is 10.0. The standard InChI is InChI=1S/C15H15N3O3/c19-14(18-8-2-1-3-13(18)15(20)21)10-4-5-11-12(9-10)17-7-6-16-11/h4-7,9,13H,1-3,8H2,(H,20,21)/t13-/m0/s1. The summed E-state index contributed by atoms with van der Waals surface area (Å²) in [4.78, 5) is 33.6. The summed E-state index contributed by atoms with van der Waals surface area (Å²) < 4.78 is 0. The number of piperidine rings is 1. The van der Waals surface area contributed by atoms with Crippen LogP contribution in [0.5, 0.6) is 0 Å². The highest BCUT2D eigenvalue weighted by Gasteiger charge is 2.32. The van der Waals surface area contributed by atoms with Gasteiger partial charge in [-0.15, -0.1) is 0 Å². The molecule has 6 heteroatoms. The summed E-state index contributed by atoms with van der Waals surface area (Å²) in [5, 5.41) is 9.26. The zero-order chi connectivity index (χ0) is 14.8. The Labute approximate surface area is 121 Å². The highest BCUT2D eigenvalue weighted by Crippen LogP contribution is 2.21. The summed E-state index contributed by atoms with van der Waals surface area (Å²) in [6.45, 7) is 0.480. The van der Waals surface area contributed by atoms with Gasteiger partial charge >= 0.3 is 5.97 Å². The minimum absolute atomic E-state index is 0.255. The van der Waals surface area contributed by atoms with Gasteiger partial charge in [-0.05, 0) is 37.5 Å². The molecule has 0 radical (unpaired) electrons. The Morgan fingerprint density at radius 2 is 1.90 bits per heavy atom. The van der Waals surface area contributed by atoms with Crippen molar-refractivity contribution in [2.75, 3.05) is 6.54 Å². The number of benzene rings is 1. The molecule has 1 aromatic carbocycles. The molecule has 0 spiro atoms. The van der Waals surface area contributed by atoms with Gasteiger partial charge in [-0.1, -0.05) is 0 Å². The van der Waals surface area contributed by atoms with Crippen molar-refractivity contribution in [1.82, 2.24) is 14.9 Å². The largest absolute Gasteiger partial charge is 0.480 e. The number of carbonyl (C=O) groups excluding carboxylic acids is 1. The van der Waals surface area contributed by atoms with Crippen LogP contribution in [0.25, 0.3) is 11.0 Å². The molecule has 2 heterocycles. The summed E-state index contributed by atoms with van der Waals surface area (Å²) in [5.41, 5.74) is 1.80. The van der Waals surface area contributed by atoms with Crippen molar-refractivity contribution in [2.24, 2.45) is 0 Å². The van der Waals surface area contributed by atoms with Crippen molar-refractivity contribution in [1.29, 1.82) is 0 Å². The van der Waals surface area contributed by atoms with Crippen molar-refractivity contribution in [2.45, 2.75) is 25.3 Å². The zero-order valence-corrected chi connectivity index (χ0v) is 11.4. The third-order valence-corrected chi connectivity index (χ3v) is 3.76. The topological polar surface area (TPSA) is 83.4 Å². The van der Waals surface area contributed by atoms with Crippen LogP contribution in [0.1, 0.15) is 29.6 Å². The van der Waals surface area contributed by atoms with E-state index in [1.165, 1.54) is 4.90 Å². The highest BCUT2D eigenvalue weighted by atomic mass is 16.4. The number of nitrogens with zero attached hydrogens (tertiary/aromatic N) is 3. The van der Waals surface area contributed by atoms with E-state index in [0.29, 0.717) is 29.6 Å². The molecule has 1 amide bonds. The van der Waals surface area contributed by atoms with E-state index in [0.717, 1.165) is 12.8 Å². The number of fused-ring (bicyclic) bond motifs is 1. The van der Waals surface area contributed by atoms with Crippen molar-refractivity contribution >= 4 is 22.9 Å². The fraction of sp³-hybridized carbons (Fsp3) is 0.333. The third kappa shape index (κ3) is 2.56.